The van der Waals surface area contributed by atoms with Crippen LogP contribution in [-0.2, 0) is 4.74 Å². The van der Waals surface area contributed by atoms with Crippen molar-refractivity contribution in [1.82, 2.24) is 5.32 Å². The first-order valence-electron chi connectivity index (χ1n) is 9.39. The summed E-state index contributed by atoms with van der Waals surface area (Å²) in [6, 6.07) is 7.81. The van der Waals surface area contributed by atoms with E-state index in [1.165, 1.54) is 0 Å². The molecule has 1 fully saturated rings. The second-order valence-corrected chi connectivity index (χ2v) is 7.35. The number of hydrogen-bond donors (Lipinski definition) is 4. The normalized spacial score (nSPS) is 30.8. The van der Waals surface area contributed by atoms with Crippen molar-refractivity contribution in [3.8, 4) is 5.75 Å². The molecular weight excluding hydrogens is 344 g/mol. The highest BCUT2D eigenvalue weighted by atomic mass is 16.5. The van der Waals surface area contributed by atoms with Crippen molar-refractivity contribution in [2.24, 2.45) is 28.0 Å². The Morgan fingerprint density at radius 1 is 1.30 bits per heavy atom. The predicted molar refractivity (Wildman–Crippen MR) is 107 cm³/mol. The zero-order valence-corrected chi connectivity index (χ0v) is 16.2. The van der Waals surface area contributed by atoms with Crippen LogP contribution in [0.5, 0.6) is 5.75 Å². The van der Waals surface area contributed by atoms with E-state index < -0.39 is 0 Å². The highest BCUT2D eigenvalue weighted by Crippen LogP contribution is 2.53. The van der Waals surface area contributed by atoms with Gasteiger partial charge >= 0.3 is 0 Å². The number of ether oxygens (including phenoxy) is 2. The quantitative estimate of drug-likeness (QED) is 0.515. The van der Waals surface area contributed by atoms with Gasteiger partial charge in [-0.2, -0.15) is 0 Å². The molecule has 4 unspecified atom stereocenters. The van der Waals surface area contributed by atoms with Gasteiger partial charge in [0.25, 0.3) is 0 Å². The van der Waals surface area contributed by atoms with Crippen LogP contribution in [0.25, 0.3) is 0 Å². The standard InChI is InChI=1S/C20H30N4O3/c1-13-17-18(21)20(13,2)12-16(23-14-4-6-15(26-3)7-5-14)24-19(17)22-8-10-27-11-9-25/h4-7,12-13,17-18,23,25H,8-11,21H2,1-3H3,(H,22,24). The third kappa shape index (κ3) is 3.95. The van der Waals surface area contributed by atoms with E-state index in [0.29, 0.717) is 25.7 Å². The summed E-state index contributed by atoms with van der Waals surface area (Å²) in [5.74, 6) is 3.19. The predicted octanol–water partition coefficient (Wildman–Crippen LogP) is 1.56. The van der Waals surface area contributed by atoms with Gasteiger partial charge in [0.15, 0.2) is 0 Å². The lowest BCUT2D eigenvalue weighted by Gasteiger charge is -2.54. The van der Waals surface area contributed by atoms with Crippen molar-refractivity contribution >= 4 is 11.5 Å². The van der Waals surface area contributed by atoms with E-state index in [2.05, 4.69) is 30.6 Å². The van der Waals surface area contributed by atoms with Crippen molar-refractivity contribution < 1.29 is 14.6 Å². The molecule has 4 rings (SSSR count). The molecule has 0 amide bonds. The number of anilines is 1. The third-order valence-electron chi connectivity index (χ3n) is 5.78. The second-order valence-electron chi connectivity index (χ2n) is 7.35. The van der Waals surface area contributed by atoms with Crippen LogP contribution < -0.4 is 21.1 Å². The molecule has 1 aromatic rings. The summed E-state index contributed by atoms with van der Waals surface area (Å²) in [7, 11) is 1.65. The van der Waals surface area contributed by atoms with Gasteiger partial charge < -0.3 is 30.9 Å². The molecule has 1 aromatic carbocycles. The number of nitrogens with two attached hydrogens (primary N) is 1. The van der Waals surface area contributed by atoms with Crippen molar-refractivity contribution in [2.45, 2.75) is 19.9 Å². The number of hydrogen-bond acceptors (Lipinski definition) is 6. The van der Waals surface area contributed by atoms with E-state index in [9.17, 15) is 0 Å². The maximum absolute atomic E-state index is 8.79. The fraction of sp³-hybridized carbons (Fsp3) is 0.550. The topological polar surface area (TPSA) is 101 Å². The van der Waals surface area contributed by atoms with Gasteiger partial charge in [-0.1, -0.05) is 13.8 Å². The molecule has 2 aliphatic heterocycles. The lowest BCUT2D eigenvalue weighted by molar-refractivity contribution is 0.0405. The molecule has 0 aromatic heterocycles. The molecule has 148 valence electrons. The zero-order valence-electron chi connectivity index (χ0n) is 16.2. The first-order chi connectivity index (χ1) is 13.0. The van der Waals surface area contributed by atoms with E-state index in [1.54, 1.807) is 7.11 Å². The number of aliphatic hydroxyl groups is 1. The van der Waals surface area contributed by atoms with Crippen molar-refractivity contribution in [2.75, 3.05) is 38.8 Å². The Kier molecular flexibility index (Phi) is 6.04. The van der Waals surface area contributed by atoms with Crippen LogP contribution in [0.4, 0.5) is 5.69 Å². The molecule has 2 heterocycles. The number of amidine groups is 1. The molecule has 0 radical (unpaired) electrons. The Balaban J connectivity index is 1.76. The Hall–Kier alpha value is -2.09. The van der Waals surface area contributed by atoms with E-state index in [4.69, 9.17) is 25.3 Å². The van der Waals surface area contributed by atoms with Gasteiger partial charge in [-0.25, -0.2) is 0 Å². The van der Waals surface area contributed by atoms with E-state index >= 15 is 0 Å². The average Bonchev–Trinajstić information content (AvgIpc) is 2.85. The smallest absolute Gasteiger partial charge is 0.119 e. The number of fused-ring (bicyclic) bond motifs is 2. The maximum Gasteiger partial charge on any atom is 0.119 e. The Morgan fingerprint density at radius 2 is 2.04 bits per heavy atom. The SMILES string of the molecule is COc1ccc(NC2=CC3(C)C(C)C(C(=NCCOCCO)N2)C3N)cc1. The average molecular weight is 374 g/mol. The lowest BCUT2D eigenvalue weighted by Crippen LogP contribution is -2.64. The van der Waals surface area contributed by atoms with Crippen molar-refractivity contribution in [3.05, 3.63) is 36.2 Å². The number of aliphatic imine (C=N–C) groups is 1. The van der Waals surface area contributed by atoms with E-state index in [-0.39, 0.29) is 24.0 Å². The lowest BCUT2D eigenvalue weighted by atomic mass is 9.52. The van der Waals surface area contributed by atoms with E-state index in [0.717, 1.165) is 23.1 Å². The molecule has 0 spiro atoms. The van der Waals surface area contributed by atoms with Crippen molar-refractivity contribution in [1.29, 1.82) is 0 Å². The Bertz CT molecular complexity index is 692. The molecule has 2 bridgehead atoms. The first kappa shape index (κ1) is 19.7. The Morgan fingerprint density at radius 3 is 2.67 bits per heavy atom. The molecule has 7 heteroatoms. The van der Waals surface area contributed by atoms with Crippen LogP contribution in [0.2, 0.25) is 0 Å². The zero-order chi connectivity index (χ0) is 19.4. The van der Waals surface area contributed by atoms with E-state index in [1.807, 2.05) is 24.3 Å². The minimum Gasteiger partial charge on any atom is -0.497 e. The molecule has 1 saturated carbocycles. The third-order valence-corrected chi connectivity index (χ3v) is 5.78. The molecule has 5 N–H and O–H groups in total. The summed E-state index contributed by atoms with van der Waals surface area (Å²) >= 11 is 0. The van der Waals surface area contributed by atoms with Gasteiger partial charge in [0.1, 0.15) is 17.4 Å². The van der Waals surface area contributed by atoms with Crippen LogP contribution in [0.3, 0.4) is 0 Å². The van der Waals surface area contributed by atoms with Crippen LogP contribution in [0, 0.1) is 17.3 Å². The maximum atomic E-state index is 8.79. The molecule has 3 aliphatic rings. The van der Waals surface area contributed by atoms with Crippen LogP contribution in [-0.4, -0.2) is 50.5 Å². The van der Waals surface area contributed by atoms with Gasteiger partial charge in [-0.05, 0) is 36.3 Å². The minimum atomic E-state index is -0.0862. The first-order valence-corrected chi connectivity index (χ1v) is 9.39. The molecule has 27 heavy (non-hydrogen) atoms. The fourth-order valence-corrected chi connectivity index (χ4v) is 3.91. The monoisotopic (exact) mass is 374 g/mol. The molecular formula is C20H30N4O3. The van der Waals surface area contributed by atoms with Gasteiger partial charge in [0.2, 0.25) is 0 Å². The van der Waals surface area contributed by atoms with Gasteiger partial charge in [0, 0.05) is 23.1 Å². The highest BCUT2D eigenvalue weighted by molar-refractivity contribution is 5.90. The number of methoxy groups -OCH3 is 1. The van der Waals surface area contributed by atoms with Gasteiger partial charge in [-0.3, -0.25) is 4.99 Å². The van der Waals surface area contributed by atoms with Gasteiger partial charge in [0.05, 0.1) is 33.5 Å². The van der Waals surface area contributed by atoms with Crippen LogP contribution in [0.15, 0.2) is 41.2 Å². The molecule has 1 aliphatic carbocycles. The number of aliphatic hydroxyl groups excluding tert-OH is 1. The number of rotatable bonds is 8. The second kappa shape index (κ2) is 8.29. The summed E-state index contributed by atoms with van der Waals surface area (Å²) in [6.45, 7) is 5.79. The summed E-state index contributed by atoms with van der Waals surface area (Å²) in [5.41, 5.74) is 7.39. The number of nitrogens with one attached hydrogen (secondary N) is 2. The molecule has 7 nitrogen and oxygen atoms in total. The summed E-state index contributed by atoms with van der Waals surface area (Å²) in [6.07, 6.45) is 2.19. The van der Waals surface area contributed by atoms with Crippen LogP contribution >= 0.6 is 0 Å². The minimum absolute atomic E-state index is 0.0206. The molecule has 0 saturated heterocycles. The summed E-state index contributed by atoms with van der Waals surface area (Å²) in [5, 5.41) is 15.7. The fourth-order valence-electron chi connectivity index (χ4n) is 3.91. The van der Waals surface area contributed by atoms with Crippen LogP contribution in [0.1, 0.15) is 13.8 Å². The van der Waals surface area contributed by atoms with Crippen molar-refractivity contribution in [3.63, 3.8) is 0 Å². The largest absolute Gasteiger partial charge is 0.497 e. The summed E-state index contributed by atoms with van der Waals surface area (Å²) in [4.78, 5) is 4.70. The number of benzene rings is 1. The Labute approximate surface area is 160 Å². The number of nitrogens with zero attached hydrogens (tertiary/aromatic N) is 1. The summed E-state index contributed by atoms with van der Waals surface area (Å²) < 4.78 is 10.5. The highest BCUT2D eigenvalue weighted by Gasteiger charge is 2.57. The molecule has 4 atom stereocenters. The van der Waals surface area contributed by atoms with Gasteiger partial charge in [-0.15, -0.1) is 0 Å².